The quantitative estimate of drug-likeness (QED) is 0.319. The van der Waals surface area contributed by atoms with Gasteiger partial charge in [-0.2, -0.15) is 0 Å². The van der Waals surface area contributed by atoms with Gasteiger partial charge in [0.25, 0.3) is 5.91 Å². The number of amides is 2. The molecule has 2 saturated heterocycles. The van der Waals surface area contributed by atoms with Crippen molar-refractivity contribution in [2.75, 3.05) is 31.6 Å². The van der Waals surface area contributed by atoms with E-state index in [1.807, 2.05) is 47.7 Å². The topological polar surface area (TPSA) is 93.1 Å². The van der Waals surface area contributed by atoms with Crippen molar-refractivity contribution < 1.29 is 28.2 Å². The number of para-hydroxylation sites is 1. The van der Waals surface area contributed by atoms with Gasteiger partial charge in [0, 0.05) is 61.4 Å². The molecule has 1 saturated carbocycles. The number of ether oxygens (including phenoxy) is 2. The number of halogens is 1. The van der Waals surface area contributed by atoms with E-state index in [-0.39, 0.29) is 54.5 Å². The first-order chi connectivity index (χ1) is 22.6. The average Bonchev–Trinajstić information content (AvgIpc) is 3.64. The van der Waals surface area contributed by atoms with Crippen LogP contribution in [0.3, 0.4) is 0 Å². The Morgan fingerprint density at radius 2 is 1.79 bits per heavy atom. The molecule has 0 spiro atoms. The first-order valence-corrected chi connectivity index (χ1v) is 17.0. The maximum absolute atomic E-state index is 15.6. The Kier molecular flexibility index (Phi) is 10.1. The minimum Gasteiger partial charge on any atom is -0.376 e. The maximum Gasteiger partial charge on any atom is 0.257 e. The number of hydrogen-bond donors (Lipinski definition) is 1. The van der Waals surface area contributed by atoms with Gasteiger partial charge < -0.3 is 29.1 Å². The molecule has 1 aromatic heterocycles. The van der Waals surface area contributed by atoms with Gasteiger partial charge in [-0.05, 0) is 76.1 Å². The Morgan fingerprint density at radius 3 is 2.51 bits per heavy atom. The third-order valence-electron chi connectivity index (χ3n) is 10.2. The normalized spacial score (nSPS) is 26.9. The van der Waals surface area contributed by atoms with Gasteiger partial charge in [0.2, 0.25) is 5.91 Å². The predicted octanol–water partition coefficient (Wildman–Crippen LogP) is 5.27. The highest BCUT2D eigenvalue weighted by Gasteiger charge is 2.40. The molecule has 3 aromatic rings. The number of morpholine rings is 1. The van der Waals surface area contributed by atoms with Crippen LogP contribution in [-0.2, 0) is 32.5 Å². The summed E-state index contributed by atoms with van der Waals surface area (Å²) in [4.78, 5) is 42.7. The molecule has 3 fully saturated rings. The number of nitrogens with zero attached hydrogens (tertiary/aromatic N) is 3. The maximum atomic E-state index is 15.6. The summed E-state index contributed by atoms with van der Waals surface area (Å²) >= 11 is 0. The van der Waals surface area contributed by atoms with Crippen molar-refractivity contribution in [3.05, 3.63) is 65.1 Å². The number of fused-ring (bicyclic) bond motifs is 1. The summed E-state index contributed by atoms with van der Waals surface area (Å²) in [5, 5.41) is 3.70. The van der Waals surface area contributed by atoms with Gasteiger partial charge in [-0.25, -0.2) is 4.39 Å². The number of carbonyl (C=O) groups is 3. The van der Waals surface area contributed by atoms with Crippen LogP contribution in [-0.4, -0.2) is 89.1 Å². The Morgan fingerprint density at radius 1 is 1.06 bits per heavy atom. The van der Waals surface area contributed by atoms with Crippen molar-refractivity contribution in [3.63, 3.8) is 0 Å². The molecule has 252 valence electrons. The molecule has 10 heteroatoms. The third kappa shape index (κ3) is 7.45. The fraction of sp³-hybridized carbons (Fsp3) is 0.541. The molecule has 9 nitrogen and oxygen atoms in total. The predicted molar refractivity (Wildman–Crippen MR) is 179 cm³/mol. The Balaban J connectivity index is 1.15. The van der Waals surface area contributed by atoms with E-state index in [0.717, 1.165) is 62.4 Å². The number of likely N-dealkylation sites (tertiary alicyclic amines) is 1. The zero-order chi connectivity index (χ0) is 33.2. The summed E-state index contributed by atoms with van der Waals surface area (Å²) in [5.74, 6) is -0.856. The van der Waals surface area contributed by atoms with E-state index >= 15 is 4.39 Å². The zero-order valence-corrected chi connectivity index (χ0v) is 27.9. The fourth-order valence-electron chi connectivity index (χ4n) is 7.76. The van der Waals surface area contributed by atoms with Crippen LogP contribution in [0.15, 0.2) is 42.6 Å². The SMILES string of the molecule is Cc1cc(CC(=O)N2C[C@@H](N3C[C@@H](C)O[C@@H](C)C3)C[C@H]2CO[C@H]2CC[C@H](C=O)CC2)c(F)cc1NC(=O)c1cn(C)c2ccccc12. The summed E-state index contributed by atoms with van der Waals surface area (Å²) in [5.41, 5.74) is 2.82. The molecule has 3 aliphatic rings. The summed E-state index contributed by atoms with van der Waals surface area (Å²) < 4.78 is 29.8. The lowest BCUT2D eigenvalue weighted by atomic mass is 9.88. The molecule has 6 rings (SSSR count). The second kappa shape index (κ2) is 14.3. The van der Waals surface area contributed by atoms with Crippen LogP contribution < -0.4 is 5.32 Å². The molecule has 4 atom stereocenters. The highest BCUT2D eigenvalue weighted by Crippen LogP contribution is 2.30. The van der Waals surface area contributed by atoms with Gasteiger partial charge >= 0.3 is 0 Å². The van der Waals surface area contributed by atoms with Gasteiger partial charge in [0.15, 0.2) is 0 Å². The van der Waals surface area contributed by atoms with Crippen LogP contribution in [0, 0.1) is 18.7 Å². The first kappa shape index (κ1) is 33.3. The van der Waals surface area contributed by atoms with Crippen molar-refractivity contribution in [2.24, 2.45) is 13.0 Å². The third-order valence-corrected chi connectivity index (χ3v) is 10.2. The Hall–Kier alpha value is -3.60. The van der Waals surface area contributed by atoms with Crippen LogP contribution >= 0.6 is 0 Å². The second-order valence-electron chi connectivity index (χ2n) is 13.9. The summed E-state index contributed by atoms with van der Waals surface area (Å²) in [6, 6.07) is 10.7. The number of aldehydes is 1. The molecule has 1 aliphatic carbocycles. The van der Waals surface area contributed by atoms with Crippen molar-refractivity contribution in [1.29, 1.82) is 0 Å². The van der Waals surface area contributed by atoms with E-state index in [9.17, 15) is 14.4 Å². The molecule has 0 bridgehead atoms. The van der Waals surface area contributed by atoms with Crippen molar-refractivity contribution in [3.8, 4) is 0 Å². The van der Waals surface area contributed by atoms with Gasteiger partial charge in [-0.3, -0.25) is 14.5 Å². The molecule has 2 aliphatic heterocycles. The second-order valence-corrected chi connectivity index (χ2v) is 13.9. The summed E-state index contributed by atoms with van der Waals surface area (Å²) in [6.07, 6.45) is 7.22. The number of benzene rings is 2. The molecule has 0 unspecified atom stereocenters. The highest BCUT2D eigenvalue weighted by molar-refractivity contribution is 6.13. The number of carbonyl (C=O) groups excluding carboxylic acids is 3. The number of rotatable bonds is 9. The van der Waals surface area contributed by atoms with Gasteiger partial charge in [-0.15, -0.1) is 0 Å². The van der Waals surface area contributed by atoms with Crippen LogP contribution in [0.4, 0.5) is 10.1 Å². The van der Waals surface area contributed by atoms with Crippen LogP contribution in [0.2, 0.25) is 0 Å². The monoisotopic (exact) mass is 646 g/mol. The van der Waals surface area contributed by atoms with E-state index in [1.165, 1.54) is 6.07 Å². The smallest absolute Gasteiger partial charge is 0.257 e. The number of aryl methyl sites for hydroxylation is 2. The molecule has 2 aromatic carbocycles. The van der Waals surface area contributed by atoms with Crippen molar-refractivity contribution in [1.82, 2.24) is 14.4 Å². The van der Waals surface area contributed by atoms with E-state index in [4.69, 9.17) is 9.47 Å². The van der Waals surface area contributed by atoms with E-state index < -0.39 is 5.82 Å². The number of aromatic nitrogens is 1. The standard InChI is InChI=1S/C37H47FN4O5/c1-23-13-27(33(38)16-34(23)39-37(45)32-20-40(4)35-8-6-5-7-31(32)35)14-36(44)42-19-28(41-17-24(2)47-25(3)18-41)15-29(42)22-46-30-11-9-26(21-43)10-12-30/h5-8,13,16,20-21,24-26,28-30H,9-12,14-15,17-19,22H2,1-4H3,(H,39,45)/t24-,25+,26-,28-,29-,30-/m0/s1. The Bertz CT molecular complexity index is 1610. The Labute approximate surface area is 276 Å². The van der Waals surface area contributed by atoms with E-state index in [1.54, 1.807) is 12.3 Å². The van der Waals surface area contributed by atoms with Gasteiger partial charge in [0.1, 0.15) is 12.1 Å². The van der Waals surface area contributed by atoms with Crippen LogP contribution in [0.25, 0.3) is 10.9 Å². The molecular weight excluding hydrogens is 599 g/mol. The largest absolute Gasteiger partial charge is 0.376 e. The molecule has 3 heterocycles. The minimum absolute atomic E-state index is 0.0756. The van der Waals surface area contributed by atoms with Crippen molar-refractivity contribution >= 4 is 34.7 Å². The van der Waals surface area contributed by atoms with Gasteiger partial charge in [-0.1, -0.05) is 24.3 Å². The summed E-state index contributed by atoms with van der Waals surface area (Å²) in [7, 11) is 1.89. The zero-order valence-electron chi connectivity index (χ0n) is 27.9. The lowest BCUT2D eigenvalue weighted by Gasteiger charge is -2.38. The van der Waals surface area contributed by atoms with Crippen LogP contribution in [0.5, 0.6) is 0 Å². The minimum atomic E-state index is -0.525. The van der Waals surface area contributed by atoms with Gasteiger partial charge in [0.05, 0.1) is 42.9 Å². The van der Waals surface area contributed by atoms with E-state index in [2.05, 4.69) is 24.1 Å². The van der Waals surface area contributed by atoms with Crippen LogP contribution in [0.1, 0.15) is 67.4 Å². The van der Waals surface area contributed by atoms with Crippen molar-refractivity contribution in [2.45, 2.75) is 89.7 Å². The number of anilines is 1. The summed E-state index contributed by atoms with van der Waals surface area (Å²) in [6.45, 7) is 8.57. The molecule has 47 heavy (non-hydrogen) atoms. The number of hydrogen-bond acceptors (Lipinski definition) is 6. The number of nitrogens with one attached hydrogen (secondary N) is 1. The molecule has 2 amide bonds. The molecule has 0 radical (unpaired) electrons. The lowest BCUT2D eigenvalue weighted by molar-refractivity contribution is -0.133. The molecule has 1 N–H and O–H groups in total. The first-order valence-electron chi connectivity index (χ1n) is 17.0. The highest BCUT2D eigenvalue weighted by atomic mass is 19.1. The average molecular weight is 647 g/mol. The molecular formula is C37H47FN4O5. The fourth-order valence-corrected chi connectivity index (χ4v) is 7.76. The lowest BCUT2D eigenvalue weighted by Crippen LogP contribution is -2.51. The van der Waals surface area contributed by atoms with E-state index in [0.29, 0.717) is 35.5 Å².